The lowest BCUT2D eigenvalue weighted by Gasteiger charge is -2.02. The second-order valence-electron chi connectivity index (χ2n) is 3.49. The second-order valence-corrected chi connectivity index (χ2v) is 3.49. The standard InChI is InChI=1S/C11H17N3O3/c1-12-10(15)5-6-13-7-8-3-4-9(14-8)11(16)17-2/h3-4,13-14H,5-7H2,1-2H3,(H,12,15). The summed E-state index contributed by atoms with van der Waals surface area (Å²) < 4.78 is 4.58. The zero-order chi connectivity index (χ0) is 12.7. The van der Waals surface area contributed by atoms with Crippen molar-refractivity contribution in [1.29, 1.82) is 0 Å². The molecule has 3 N–H and O–H groups in total. The maximum absolute atomic E-state index is 11.2. The smallest absolute Gasteiger partial charge is 0.354 e. The molecule has 0 atom stereocenters. The largest absolute Gasteiger partial charge is 0.464 e. The van der Waals surface area contributed by atoms with Crippen LogP contribution < -0.4 is 10.6 Å². The Kier molecular flexibility index (Phi) is 5.22. The third-order valence-corrected chi connectivity index (χ3v) is 2.27. The minimum atomic E-state index is -0.387. The van der Waals surface area contributed by atoms with Gasteiger partial charge in [0.1, 0.15) is 5.69 Å². The van der Waals surface area contributed by atoms with E-state index in [0.29, 0.717) is 25.2 Å². The van der Waals surface area contributed by atoms with Gasteiger partial charge in [-0.25, -0.2) is 4.79 Å². The maximum Gasteiger partial charge on any atom is 0.354 e. The van der Waals surface area contributed by atoms with Gasteiger partial charge >= 0.3 is 5.97 Å². The molecule has 6 nitrogen and oxygen atoms in total. The number of carbonyl (C=O) groups excluding carboxylic acids is 2. The van der Waals surface area contributed by atoms with E-state index in [-0.39, 0.29) is 11.9 Å². The average molecular weight is 239 g/mol. The van der Waals surface area contributed by atoms with Crippen molar-refractivity contribution in [1.82, 2.24) is 15.6 Å². The van der Waals surface area contributed by atoms with E-state index in [1.807, 2.05) is 0 Å². The molecule has 1 heterocycles. The van der Waals surface area contributed by atoms with Gasteiger partial charge in [-0.2, -0.15) is 0 Å². The van der Waals surface area contributed by atoms with Gasteiger partial charge in [-0.05, 0) is 12.1 Å². The Morgan fingerprint density at radius 3 is 2.82 bits per heavy atom. The van der Waals surface area contributed by atoms with Crippen LogP contribution in [0.1, 0.15) is 22.6 Å². The van der Waals surface area contributed by atoms with Gasteiger partial charge < -0.3 is 20.4 Å². The SMILES string of the molecule is CNC(=O)CCNCc1ccc(C(=O)OC)[nH]1. The van der Waals surface area contributed by atoms with Crippen LogP contribution in [0.2, 0.25) is 0 Å². The van der Waals surface area contributed by atoms with Crippen LogP contribution in [0.5, 0.6) is 0 Å². The quantitative estimate of drug-likeness (QED) is 0.483. The van der Waals surface area contributed by atoms with E-state index in [0.717, 1.165) is 5.69 Å². The van der Waals surface area contributed by atoms with Gasteiger partial charge in [0.2, 0.25) is 5.91 Å². The van der Waals surface area contributed by atoms with Crippen molar-refractivity contribution in [2.24, 2.45) is 0 Å². The van der Waals surface area contributed by atoms with Crippen molar-refractivity contribution in [3.63, 3.8) is 0 Å². The molecule has 0 aromatic carbocycles. The van der Waals surface area contributed by atoms with Crippen molar-refractivity contribution in [2.75, 3.05) is 20.7 Å². The molecule has 94 valence electrons. The van der Waals surface area contributed by atoms with Crippen LogP contribution in [0.4, 0.5) is 0 Å². The molecule has 0 saturated carbocycles. The number of H-pyrrole nitrogens is 1. The number of hydrogen-bond donors (Lipinski definition) is 3. The van der Waals surface area contributed by atoms with Gasteiger partial charge in [0.05, 0.1) is 7.11 Å². The summed E-state index contributed by atoms with van der Waals surface area (Å²) >= 11 is 0. The molecule has 17 heavy (non-hydrogen) atoms. The number of nitrogens with one attached hydrogen (secondary N) is 3. The number of amides is 1. The second kappa shape index (κ2) is 6.70. The molecule has 0 radical (unpaired) electrons. The maximum atomic E-state index is 11.2. The predicted molar refractivity (Wildman–Crippen MR) is 62.5 cm³/mol. The Morgan fingerprint density at radius 2 is 2.18 bits per heavy atom. The van der Waals surface area contributed by atoms with Crippen molar-refractivity contribution in [3.8, 4) is 0 Å². The molecule has 0 spiro atoms. The Balaban J connectivity index is 2.30. The zero-order valence-corrected chi connectivity index (χ0v) is 10.0. The van der Waals surface area contributed by atoms with E-state index in [9.17, 15) is 9.59 Å². The Bertz CT molecular complexity index is 387. The minimum Gasteiger partial charge on any atom is -0.464 e. The number of rotatable bonds is 6. The number of methoxy groups -OCH3 is 1. The van der Waals surface area contributed by atoms with Crippen LogP contribution in [0, 0.1) is 0 Å². The van der Waals surface area contributed by atoms with Gasteiger partial charge in [-0.15, -0.1) is 0 Å². The highest BCUT2D eigenvalue weighted by Gasteiger charge is 2.07. The molecular formula is C11H17N3O3. The lowest BCUT2D eigenvalue weighted by Crippen LogP contribution is -2.24. The Labute approximate surface area is 99.7 Å². The van der Waals surface area contributed by atoms with Gasteiger partial charge in [0, 0.05) is 32.3 Å². The Hall–Kier alpha value is -1.82. The molecule has 0 saturated heterocycles. The van der Waals surface area contributed by atoms with Crippen LogP contribution >= 0.6 is 0 Å². The zero-order valence-electron chi connectivity index (χ0n) is 10.0. The normalized spacial score (nSPS) is 10.0. The van der Waals surface area contributed by atoms with Gasteiger partial charge in [-0.1, -0.05) is 0 Å². The fourth-order valence-electron chi connectivity index (χ4n) is 1.32. The predicted octanol–water partition coefficient (Wildman–Crippen LogP) is 0.0270. The first-order valence-corrected chi connectivity index (χ1v) is 5.35. The Morgan fingerprint density at radius 1 is 1.41 bits per heavy atom. The van der Waals surface area contributed by atoms with Crippen molar-refractivity contribution in [2.45, 2.75) is 13.0 Å². The molecule has 1 aromatic heterocycles. The van der Waals surface area contributed by atoms with Gasteiger partial charge in [-0.3, -0.25) is 4.79 Å². The number of aromatic amines is 1. The molecule has 1 amide bonds. The first-order valence-electron chi connectivity index (χ1n) is 5.35. The van der Waals surface area contributed by atoms with E-state index < -0.39 is 0 Å². The molecule has 0 fully saturated rings. The van der Waals surface area contributed by atoms with Gasteiger partial charge in [0.25, 0.3) is 0 Å². The molecule has 0 aliphatic rings. The number of aromatic nitrogens is 1. The molecule has 1 rings (SSSR count). The summed E-state index contributed by atoms with van der Waals surface area (Å²) in [5.74, 6) is -0.388. The summed E-state index contributed by atoms with van der Waals surface area (Å²) in [6.45, 7) is 1.17. The van der Waals surface area contributed by atoms with E-state index in [4.69, 9.17) is 0 Å². The third kappa shape index (κ3) is 4.28. The number of hydrogen-bond acceptors (Lipinski definition) is 4. The van der Waals surface area contributed by atoms with Crippen molar-refractivity contribution in [3.05, 3.63) is 23.5 Å². The minimum absolute atomic E-state index is 0.000708. The average Bonchev–Trinajstić information content (AvgIpc) is 2.82. The number of esters is 1. The molecule has 0 aliphatic carbocycles. The van der Waals surface area contributed by atoms with E-state index in [2.05, 4.69) is 20.4 Å². The summed E-state index contributed by atoms with van der Waals surface area (Å²) in [7, 11) is 2.94. The molecule has 0 aliphatic heterocycles. The molecule has 0 unspecified atom stereocenters. The van der Waals surface area contributed by atoms with Crippen molar-refractivity contribution >= 4 is 11.9 Å². The highest BCUT2D eigenvalue weighted by atomic mass is 16.5. The lowest BCUT2D eigenvalue weighted by atomic mass is 10.3. The van der Waals surface area contributed by atoms with E-state index in [1.165, 1.54) is 7.11 Å². The summed E-state index contributed by atoms with van der Waals surface area (Å²) in [5.41, 5.74) is 1.30. The monoisotopic (exact) mass is 239 g/mol. The van der Waals surface area contributed by atoms with Crippen LogP contribution in [0.25, 0.3) is 0 Å². The molecule has 6 heteroatoms. The fourth-order valence-corrected chi connectivity index (χ4v) is 1.32. The highest BCUT2D eigenvalue weighted by Crippen LogP contribution is 2.02. The van der Waals surface area contributed by atoms with Crippen molar-refractivity contribution < 1.29 is 14.3 Å². The molecule has 1 aromatic rings. The first kappa shape index (κ1) is 13.2. The summed E-state index contributed by atoms with van der Waals surface area (Å²) in [5, 5.41) is 5.64. The van der Waals surface area contributed by atoms with Crippen LogP contribution in [0.3, 0.4) is 0 Å². The van der Waals surface area contributed by atoms with Crippen LogP contribution in [0.15, 0.2) is 12.1 Å². The first-order chi connectivity index (χ1) is 8.17. The summed E-state index contributed by atoms with van der Waals surface area (Å²) in [4.78, 5) is 25.0. The van der Waals surface area contributed by atoms with Crippen LogP contribution in [-0.4, -0.2) is 37.6 Å². The van der Waals surface area contributed by atoms with E-state index >= 15 is 0 Å². The van der Waals surface area contributed by atoms with Gasteiger partial charge in [0.15, 0.2) is 0 Å². The molecule has 0 bridgehead atoms. The van der Waals surface area contributed by atoms with Crippen LogP contribution in [-0.2, 0) is 16.1 Å². The lowest BCUT2D eigenvalue weighted by molar-refractivity contribution is -0.120. The number of carbonyl (C=O) groups is 2. The fraction of sp³-hybridized carbons (Fsp3) is 0.455. The topological polar surface area (TPSA) is 83.2 Å². The summed E-state index contributed by atoms with van der Waals surface area (Å²) in [6.07, 6.45) is 0.432. The molecular weight excluding hydrogens is 222 g/mol. The highest BCUT2D eigenvalue weighted by molar-refractivity contribution is 5.87. The number of ether oxygens (including phenoxy) is 1. The third-order valence-electron chi connectivity index (χ3n) is 2.27. The van der Waals surface area contributed by atoms with E-state index in [1.54, 1.807) is 19.2 Å². The summed E-state index contributed by atoms with van der Waals surface area (Å²) in [6, 6.07) is 3.47.